The summed E-state index contributed by atoms with van der Waals surface area (Å²) in [6, 6.07) is 8.46. The molecule has 0 bridgehead atoms. The highest BCUT2D eigenvalue weighted by molar-refractivity contribution is 5.85. The maximum Gasteiger partial charge on any atom is 0.459 e. The number of benzene rings is 1. The van der Waals surface area contributed by atoms with Crippen LogP contribution in [0.4, 0.5) is 22.0 Å². The van der Waals surface area contributed by atoms with E-state index in [2.05, 4.69) is 25.6 Å². The van der Waals surface area contributed by atoms with Crippen molar-refractivity contribution in [1.29, 1.82) is 0 Å². The number of halogens is 5. The summed E-state index contributed by atoms with van der Waals surface area (Å²) in [4.78, 5) is 3.86. The van der Waals surface area contributed by atoms with Gasteiger partial charge in [-0.05, 0) is 47.6 Å². The highest BCUT2D eigenvalue weighted by atomic mass is 19.4. The molecule has 0 unspecified atom stereocenters. The van der Waals surface area contributed by atoms with Crippen molar-refractivity contribution in [1.82, 2.24) is 25.6 Å². The summed E-state index contributed by atoms with van der Waals surface area (Å²) in [6.07, 6.45) is -2.65. The summed E-state index contributed by atoms with van der Waals surface area (Å²) in [5, 5.41) is 12.9. The lowest BCUT2D eigenvalue weighted by atomic mass is 9.88. The second kappa shape index (κ2) is 7.16. The zero-order valence-electron chi connectivity index (χ0n) is 15.1. The summed E-state index contributed by atoms with van der Waals surface area (Å²) in [6.45, 7) is 0. The van der Waals surface area contributed by atoms with Gasteiger partial charge >= 0.3 is 12.1 Å². The van der Waals surface area contributed by atoms with Crippen LogP contribution in [0.3, 0.4) is 0 Å². The van der Waals surface area contributed by atoms with Crippen LogP contribution in [0.5, 0.6) is 0 Å². The summed E-state index contributed by atoms with van der Waals surface area (Å²) < 4.78 is 69.2. The molecular formula is C19H16F5N5. The molecule has 1 aromatic carbocycles. The third-order valence-corrected chi connectivity index (χ3v) is 5.01. The molecule has 2 aromatic heterocycles. The first kappa shape index (κ1) is 19.4. The summed E-state index contributed by atoms with van der Waals surface area (Å²) in [5.74, 6) is -5.52. The van der Waals surface area contributed by atoms with E-state index in [4.69, 9.17) is 0 Å². The van der Waals surface area contributed by atoms with Crippen molar-refractivity contribution in [3.8, 4) is 22.5 Å². The Balaban J connectivity index is 2.13. The molecule has 0 spiro atoms. The molecule has 1 aliphatic rings. The van der Waals surface area contributed by atoms with E-state index in [0.29, 0.717) is 30.4 Å². The van der Waals surface area contributed by atoms with Gasteiger partial charge in [0.1, 0.15) is 5.69 Å². The number of rotatable bonds is 3. The molecular weight excluding hydrogens is 393 g/mol. The van der Waals surface area contributed by atoms with Gasteiger partial charge in [0, 0.05) is 5.69 Å². The predicted molar refractivity (Wildman–Crippen MR) is 94.1 cm³/mol. The van der Waals surface area contributed by atoms with Crippen molar-refractivity contribution in [3.05, 3.63) is 47.3 Å². The minimum atomic E-state index is -5.81. The number of hydrogen-bond acceptors (Lipinski definition) is 4. The lowest BCUT2D eigenvalue weighted by molar-refractivity contribution is -0.290. The van der Waals surface area contributed by atoms with Gasteiger partial charge in [-0.2, -0.15) is 27.2 Å². The smallest absolute Gasteiger partial charge is 0.250 e. The largest absolute Gasteiger partial charge is 0.459 e. The molecule has 0 amide bonds. The van der Waals surface area contributed by atoms with Gasteiger partial charge in [0.2, 0.25) is 5.82 Å². The molecule has 0 aliphatic heterocycles. The second-order valence-corrected chi connectivity index (χ2v) is 6.87. The second-order valence-electron chi connectivity index (χ2n) is 6.87. The fraction of sp³-hybridized carbons (Fsp3) is 0.368. The lowest BCUT2D eigenvalue weighted by Crippen LogP contribution is -2.36. The summed E-state index contributed by atoms with van der Waals surface area (Å²) in [7, 11) is 0. The molecule has 5 nitrogen and oxygen atoms in total. The number of nitrogens with zero attached hydrogens (tertiary/aromatic N) is 4. The van der Waals surface area contributed by atoms with Gasteiger partial charge in [-0.25, -0.2) is 0 Å². The monoisotopic (exact) mass is 409 g/mol. The van der Waals surface area contributed by atoms with Crippen LogP contribution in [0, 0.1) is 0 Å². The average molecular weight is 409 g/mol. The molecule has 152 valence electrons. The molecule has 0 atom stereocenters. The molecule has 1 N–H and O–H groups in total. The Labute approximate surface area is 162 Å². The fourth-order valence-electron chi connectivity index (χ4n) is 3.69. The number of aromatic amines is 1. The zero-order valence-corrected chi connectivity index (χ0v) is 15.1. The van der Waals surface area contributed by atoms with Crippen LogP contribution in [0.15, 0.2) is 30.3 Å². The van der Waals surface area contributed by atoms with E-state index >= 15 is 0 Å². The molecule has 3 aromatic rings. The fourth-order valence-corrected chi connectivity index (χ4v) is 3.69. The lowest BCUT2D eigenvalue weighted by Gasteiger charge is -2.25. The first-order chi connectivity index (χ1) is 13.8. The van der Waals surface area contributed by atoms with Gasteiger partial charge < -0.3 is 0 Å². The van der Waals surface area contributed by atoms with E-state index < -0.39 is 23.4 Å². The van der Waals surface area contributed by atoms with Crippen LogP contribution < -0.4 is 0 Å². The highest BCUT2D eigenvalue weighted by Crippen LogP contribution is 2.49. The standard InChI is InChI=1S/C19H16F5N5/c20-18(21,19(22,23)24)16-15(17-26-28-29-27-17)14(11-7-3-1-4-8-11)12-9-5-2-6-10-13(12)25-16/h1,3-4,7-8H,2,5-6,9-10H2,(H,26,27,28,29). The SMILES string of the molecule is FC(F)(F)C(F)(F)c1nc2c(c(-c3ccccc3)c1-c1nn[nH]n1)CCCCC2. The molecule has 0 radical (unpaired) electrons. The van der Waals surface area contributed by atoms with Crippen molar-refractivity contribution < 1.29 is 22.0 Å². The van der Waals surface area contributed by atoms with Crippen LogP contribution >= 0.6 is 0 Å². The Morgan fingerprint density at radius 2 is 1.59 bits per heavy atom. The Morgan fingerprint density at radius 3 is 2.24 bits per heavy atom. The summed E-state index contributed by atoms with van der Waals surface area (Å²) in [5.41, 5.74) is -0.119. The zero-order chi connectivity index (χ0) is 20.6. The number of fused-ring (bicyclic) bond motifs is 1. The molecule has 0 fully saturated rings. The van der Waals surface area contributed by atoms with E-state index in [1.807, 2.05) is 0 Å². The van der Waals surface area contributed by atoms with Crippen LogP contribution in [-0.2, 0) is 18.8 Å². The van der Waals surface area contributed by atoms with E-state index in [-0.39, 0.29) is 17.1 Å². The Kier molecular flexibility index (Phi) is 4.79. The van der Waals surface area contributed by atoms with Crippen molar-refractivity contribution in [3.63, 3.8) is 0 Å². The van der Waals surface area contributed by atoms with Crippen molar-refractivity contribution in [2.24, 2.45) is 0 Å². The van der Waals surface area contributed by atoms with E-state index in [1.165, 1.54) is 0 Å². The van der Waals surface area contributed by atoms with Crippen LogP contribution in [0.25, 0.3) is 22.5 Å². The molecule has 4 rings (SSSR count). The number of hydrogen-bond donors (Lipinski definition) is 1. The van der Waals surface area contributed by atoms with Gasteiger partial charge in [0.25, 0.3) is 0 Å². The van der Waals surface area contributed by atoms with Crippen LogP contribution in [0.1, 0.15) is 36.2 Å². The maximum atomic E-state index is 14.6. The topological polar surface area (TPSA) is 67.3 Å². The Bertz CT molecular complexity index is 1000. The molecule has 29 heavy (non-hydrogen) atoms. The van der Waals surface area contributed by atoms with Crippen molar-refractivity contribution in [2.75, 3.05) is 0 Å². The van der Waals surface area contributed by atoms with Gasteiger partial charge in [-0.15, -0.1) is 10.2 Å². The first-order valence-electron chi connectivity index (χ1n) is 9.10. The number of aryl methyl sites for hydroxylation is 1. The van der Waals surface area contributed by atoms with Crippen molar-refractivity contribution in [2.45, 2.75) is 44.2 Å². The number of alkyl halides is 5. The Morgan fingerprint density at radius 1 is 0.862 bits per heavy atom. The molecule has 2 heterocycles. The number of nitrogens with one attached hydrogen (secondary N) is 1. The molecule has 0 saturated heterocycles. The van der Waals surface area contributed by atoms with E-state index in [9.17, 15) is 22.0 Å². The molecule has 0 saturated carbocycles. The van der Waals surface area contributed by atoms with Crippen molar-refractivity contribution >= 4 is 0 Å². The Hall–Kier alpha value is -2.91. The molecule has 10 heteroatoms. The number of H-pyrrole nitrogens is 1. The van der Waals surface area contributed by atoms with Crippen LogP contribution in [-0.4, -0.2) is 31.8 Å². The van der Waals surface area contributed by atoms with Gasteiger partial charge in [0.15, 0.2) is 0 Å². The minimum absolute atomic E-state index is 0.262. The van der Waals surface area contributed by atoms with Crippen LogP contribution in [0.2, 0.25) is 0 Å². The maximum absolute atomic E-state index is 14.6. The summed E-state index contributed by atoms with van der Waals surface area (Å²) >= 11 is 0. The van der Waals surface area contributed by atoms with Gasteiger partial charge in [-0.1, -0.05) is 36.8 Å². The minimum Gasteiger partial charge on any atom is -0.250 e. The van der Waals surface area contributed by atoms with Gasteiger partial charge in [0.05, 0.1) is 5.56 Å². The quantitative estimate of drug-likeness (QED) is 0.496. The highest BCUT2D eigenvalue weighted by Gasteiger charge is 2.61. The van der Waals surface area contributed by atoms with E-state index in [1.54, 1.807) is 30.3 Å². The predicted octanol–water partition coefficient (Wildman–Crippen LogP) is 4.85. The number of pyridine rings is 1. The average Bonchev–Trinajstić information content (AvgIpc) is 3.11. The number of aromatic nitrogens is 5. The van der Waals surface area contributed by atoms with E-state index in [0.717, 1.165) is 12.8 Å². The third-order valence-electron chi connectivity index (χ3n) is 5.01. The normalized spacial score (nSPS) is 15.1. The first-order valence-corrected chi connectivity index (χ1v) is 9.10. The third kappa shape index (κ3) is 3.36. The number of tetrazole rings is 1. The van der Waals surface area contributed by atoms with Gasteiger partial charge in [-0.3, -0.25) is 4.98 Å². The molecule has 1 aliphatic carbocycles.